The molecule has 0 aromatic rings. The molecule has 0 rings (SSSR count). The van der Waals surface area contributed by atoms with Crippen molar-refractivity contribution in [2.75, 3.05) is 6.54 Å². The third kappa shape index (κ3) is 4.18. The molecule has 0 saturated carbocycles. The Labute approximate surface area is 96.6 Å². The van der Waals surface area contributed by atoms with Gasteiger partial charge >= 0.3 is 5.97 Å². The van der Waals surface area contributed by atoms with Crippen LogP contribution in [0, 0.1) is 5.92 Å². The summed E-state index contributed by atoms with van der Waals surface area (Å²) in [6.07, 6.45) is -0.0512. The van der Waals surface area contributed by atoms with E-state index in [1.165, 1.54) is 4.90 Å². The van der Waals surface area contributed by atoms with E-state index in [1.807, 2.05) is 20.8 Å². The predicted octanol–water partition coefficient (Wildman–Crippen LogP) is 0.681. The highest BCUT2D eigenvalue weighted by molar-refractivity contribution is 5.82. The summed E-state index contributed by atoms with van der Waals surface area (Å²) in [5.74, 6) is -1.03. The van der Waals surface area contributed by atoms with Crippen LogP contribution in [0.25, 0.3) is 0 Å². The van der Waals surface area contributed by atoms with Crippen molar-refractivity contribution in [1.29, 1.82) is 0 Å². The third-order valence-corrected chi connectivity index (χ3v) is 2.63. The molecular formula is C11H22N2O3. The zero-order valence-electron chi connectivity index (χ0n) is 10.4. The Kier molecular flexibility index (Phi) is 6.03. The first kappa shape index (κ1) is 14.9. The number of amides is 1. The van der Waals surface area contributed by atoms with E-state index in [9.17, 15) is 9.59 Å². The zero-order valence-corrected chi connectivity index (χ0v) is 10.4. The van der Waals surface area contributed by atoms with Crippen molar-refractivity contribution >= 4 is 11.9 Å². The molecule has 0 heterocycles. The number of nitrogens with two attached hydrogens (primary N) is 1. The van der Waals surface area contributed by atoms with Crippen LogP contribution in [-0.2, 0) is 9.59 Å². The van der Waals surface area contributed by atoms with Crippen molar-refractivity contribution in [2.24, 2.45) is 11.7 Å². The molecule has 0 aliphatic carbocycles. The molecule has 94 valence electrons. The van der Waals surface area contributed by atoms with Crippen LogP contribution < -0.4 is 5.73 Å². The molecule has 0 radical (unpaired) electrons. The van der Waals surface area contributed by atoms with E-state index in [-0.39, 0.29) is 24.3 Å². The molecular weight excluding hydrogens is 208 g/mol. The number of carboxylic acid groups (broad SMARTS) is 1. The summed E-state index contributed by atoms with van der Waals surface area (Å²) < 4.78 is 0. The van der Waals surface area contributed by atoms with Gasteiger partial charge in [-0.1, -0.05) is 13.8 Å². The normalized spacial score (nSPS) is 14.6. The van der Waals surface area contributed by atoms with Gasteiger partial charge in [-0.2, -0.15) is 0 Å². The summed E-state index contributed by atoms with van der Waals surface area (Å²) in [6, 6.07) is -0.879. The zero-order chi connectivity index (χ0) is 12.9. The van der Waals surface area contributed by atoms with Crippen LogP contribution in [0.2, 0.25) is 0 Å². The molecule has 0 aromatic carbocycles. The number of aliphatic carboxylic acids is 1. The second-order valence-electron chi connectivity index (χ2n) is 4.34. The summed E-state index contributed by atoms with van der Waals surface area (Å²) in [7, 11) is 0. The standard InChI is InChI=1S/C11H22N2O3/c1-5-13(8(4)6-9(14)15)11(16)10(12)7(2)3/h7-8,10H,5-6,12H2,1-4H3,(H,14,15)/t8?,10-/m0/s1. The van der Waals surface area contributed by atoms with Gasteiger partial charge in [-0.25, -0.2) is 0 Å². The Morgan fingerprint density at radius 3 is 2.12 bits per heavy atom. The highest BCUT2D eigenvalue weighted by Crippen LogP contribution is 2.09. The largest absolute Gasteiger partial charge is 0.481 e. The van der Waals surface area contributed by atoms with E-state index >= 15 is 0 Å². The third-order valence-electron chi connectivity index (χ3n) is 2.63. The minimum absolute atomic E-state index is 0.0512. The lowest BCUT2D eigenvalue weighted by atomic mass is 10.0. The molecule has 0 aliphatic heterocycles. The van der Waals surface area contributed by atoms with Crippen LogP contribution in [0.1, 0.15) is 34.1 Å². The van der Waals surface area contributed by atoms with Gasteiger partial charge in [-0.3, -0.25) is 9.59 Å². The Morgan fingerprint density at radius 2 is 1.81 bits per heavy atom. The summed E-state index contributed by atoms with van der Waals surface area (Å²) in [5, 5.41) is 8.69. The SMILES string of the molecule is CCN(C(=O)[C@@H](N)C(C)C)C(C)CC(=O)O. The van der Waals surface area contributed by atoms with Gasteiger partial charge in [0.15, 0.2) is 0 Å². The van der Waals surface area contributed by atoms with Gasteiger partial charge < -0.3 is 15.7 Å². The fraction of sp³-hybridized carbons (Fsp3) is 0.818. The summed E-state index contributed by atoms with van der Waals surface area (Å²) in [6.45, 7) is 7.77. The van der Waals surface area contributed by atoms with Crippen molar-refractivity contribution in [3.8, 4) is 0 Å². The summed E-state index contributed by atoms with van der Waals surface area (Å²) in [4.78, 5) is 24.1. The predicted molar refractivity (Wildman–Crippen MR) is 61.9 cm³/mol. The highest BCUT2D eigenvalue weighted by Gasteiger charge is 2.26. The van der Waals surface area contributed by atoms with Crippen LogP contribution in [0.5, 0.6) is 0 Å². The van der Waals surface area contributed by atoms with Gasteiger partial charge in [0.25, 0.3) is 0 Å². The van der Waals surface area contributed by atoms with Crippen molar-refractivity contribution < 1.29 is 14.7 Å². The molecule has 0 saturated heterocycles. The van der Waals surface area contributed by atoms with E-state index in [4.69, 9.17) is 10.8 Å². The molecule has 0 aliphatic rings. The fourth-order valence-corrected chi connectivity index (χ4v) is 1.52. The Balaban J connectivity index is 4.59. The molecule has 5 nitrogen and oxygen atoms in total. The highest BCUT2D eigenvalue weighted by atomic mass is 16.4. The number of nitrogens with zero attached hydrogens (tertiary/aromatic N) is 1. The maximum Gasteiger partial charge on any atom is 0.305 e. The number of rotatable bonds is 6. The maximum atomic E-state index is 11.9. The minimum atomic E-state index is -0.906. The lowest BCUT2D eigenvalue weighted by molar-refractivity contribution is -0.141. The van der Waals surface area contributed by atoms with Crippen LogP contribution >= 0.6 is 0 Å². The Hall–Kier alpha value is -1.10. The van der Waals surface area contributed by atoms with Gasteiger partial charge in [-0.15, -0.1) is 0 Å². The Morgan fingerprint density at radius 1 is 1.31 bits per heavy atom. The van der Waals surface area contributed by atoms with Crippen molar-refractivity contribution in [2.45, 2.75) is 46.2 Å². The molecule has 0 bridgehead atoms. The van der Waals surface area contributed by atoms with E-state index in [0.717, 1.165) is 0 Å². The van der Waals surface area contributed by atoms with Gasteiger partial charge in [0.1, 0.15) is 0 Å². The number of hydrogen-bond acceptors (Lipinski definition) is 3. The first-order valence-corrected chi connectivity index (χ1v) is 5.59. The second kappa shape index (κ2) is 6.48. The van der Waals surface area contributed by atoms with E-state index < -0.39 is 12.0 Å². The molecule has 1 unspecified atom stereocenters. The minimum Gasteiger partial charge on any atom is -0.481 e. The molecule has 2 atom stereocenters. The molecule has 0 fully saturated rings. The number of carbonyl (C=O) groups excluding carboxylic acids is 1. The van der Waals surface area contributed by atoms with Crippen LogP contribution in [-0.4, -0.2) is 40.5 Å². The first-order valence-electron chi connectivity index (χ1n) is 5.59. The average Bonchev–Trinajstić information content (AvgIpc) is 2.16. The monoisotopic (exact) mass is 230 g/mol. The van der Waals surface area contributed by atoms with Crippen molar-refractivity contribution in [3.63, 3.8) is 0 Å². The average molecular weight is 230 g/mol. The summed E-state index contributed by atoms with van der Waals surface area (Å²) in [5.41, 5.74) is 5.77. The Bertz CT molecular complexity index is 254. The molecule has 0 aromatic heterocycles. The van der Waals surface area contributed by atoms with Gasteiger partial charge in [-0.05, 0) is 19.8 Å². The van der Waals surface area contributed by atoms with Crippen molar-refractivity contribution in [1.82, 2.24) is 4.90 Å². The lowest BCUT2D eigenvalue weighted by Gasteiger charge is -2.30. The fourth-order valence-electron chi connectivity index (χ4n) is 1.52. The maximum absolute atomic E-state index is 11.9. The molecule has 0 spiro atoms. The van der Waals surface area contributed by atoms with Gasteiger partial charge in [0.2, 0.25) is 5.91 Å². The number of carboxylic acids is 1. The number of carbonyl (C=O) groups is 2. The van der Waals surface area contributed by atoms with Crippen LogP contribution in [0.4, 0.5) is 0 Å². The van der Waals surface area contributed by atoms with Crippen molar-refractivity contribution in [3.05, 3.63) is 0 Å². The van der Waals surface area contributed by atoms with E-state index in [2.05, 4.69) is 0 Å². The molecule has 3 N–H and O–H groups in total. The second-order valence-corrected chi connectivity index (χ2v) is 4.34. The van der Waals surface area contributed by atoms with E-state index in [0.29, 0.717) is 6.54 Å². The number of likely N-dealkylation sites (N-methyl/N-ethyl adjacent to an activating group) is 1. The summed E-state index contributed by atoms with van der Waals surface area (Å²) >= 11 is 0. The first-order chi connectivity index (χ1) is 7.31. The van der Waals surface area contributed by atoms with E-state index in [1.54, 1.807) is 6.92 Å². The van der Waals surface area contributed by atoms with Crippen LogP contribution in [0.3, 0.4) is 0 Å². The lowest BCUT2D eigenvalue weighted by Crippen LogP contribution is -2.50. The molecule has 16 heavy (non-hydrogen) atoms. The smallest absolute Gasteiger partial charge is 0.305 e. The quantitative estimate of drug-likeness (QED) is 0.703. The van der Waals surface area contributed by atoms with Gasteiger partial charge in [0, 0.05) is 12.6 Å². The molecule has 5 heteroatoms. The van der Waals surface area contributed by atoms with Gasteiger partial charge in [0.05, 0.1) is 12.5 Å². The topological polar surface area (TPSA) is 83.6 Å². The van der Waals surface area contributed by atoms with Crippen LogP contribution in [0.15, 0.2) is 0 Å². The molecule has 1 amide bonds. The number of hydrogen-bond donors (Lipinski definition) is 2.